The molecule has 0 saturated heterocycles. The Morgan fingerprint density at radius 3 is 2.93 bits per heavy atom. The van der Waals surface area contributed by atoms with Crippen molar-refractivity contribution in [3.63, 3.8) is 0 Å². The van der Waals surface area contributed by atoms with Crippen LogP contribution in [0.5, 0.6) is 5.75 Å². The molecule has 6 nitrogen and oxygen atoms in total. The van der Waals surface area contributed by atoms with E-state index in [1.165, 1.54) is 17.7 Å². The van der Waals surface area contributed by atoms with Gasteiger partial charge in [-0.25, -0.2) is 9.78 Å². The number of unbranched alkanes of at least 4 members (excludes halogenated alkanes) is 1. The smallest absolute Gasteiger partial charge is 0.339 e. The largest absolute Gasteiger partial charge is 0.494 e. The fraction of sp³-hybridized carbons (Fsp3) is 0.350. The maximum Gasteiger partial charge on any atom is 0.339 e. The van der Waals surface area contributed by atoms with E-state index in [0.29, 0.717) is 28.9 Å². The average Bonchev–Trinajstić information content (AvgIpc) is 3.08. The van der Waals surface area contributed by atoms with Crippen LogP contribution in [-0.4, -0.2) is 28.7 Å². The zero-order valence-electron chi connectivity index (χ0n) is 15.4. The van der Waals surface area contributed by atoms with E-state index in [0.717, 1.165) is 24.2 Å². The van der Waals surface area contributed by atoms with Gasteiger partial charge in [0, 0.05) is 11.9 Å². The quantitative estimate of drug-likeness (QED) is 0.435. The number of nitrogens with zero attached hydrogens (tertiary/aromatic N) is 2. The highest BCUT2D eigenvalue weighted by Gasteiger charge is 2.18. The summed E-state index contributed by atoms with van der Waals surface area (Å²) in [6, 6.07) is 7.92. The van der Waals surface area contributed by atoms with Crippen LogP contribution in [0.4, 0.5) is 0 Å². The van der Waals surface area contributed by atoms with Crippen LogP contribution in [0, 0.1) is 6.92 Å². The van der Waals surface area contributed by atoms with Gasteiger partial charge in [0.05, 0.1) is 30.5 Å². The van der Waals surface area contributed by atoms with E-state index in [1.54, 1.807) is 16.9 Å². The van der Waals surface area contributed by atoms with Gasteiger partial charge in [-0.2, -0.15) is 0 Å². The van der Waals surface area contributed by atoms with Gasteiger partial charge in [-0.15, -0.1) is 11.3 Å². The summed E-state index contributed by atoms with van der Waals surface area (Å²) in [6.07, 6.45) is 3.13. The Morgan fingerprint density at radius 2 is 2.15 bits per heavy atom. The molecule has 2 heterocycles. The zero-order valence-corrected chi connectivity index (χ0v) is 16.3. The lowest BCUT2D eigenvalue weighted by atomic mass is 10.2. The second kappa shape index (κ2) is 8.81. The van der Waals surface area contributed by atoms with Gasteiger partial charge in [0.1, 0.15) is 10.6 Å². The molecule has 0 fully saturated rings. The van der Waals surface area contributed by atoms with Crippen molar-refractivity contribution in [2.24, 2.45) is 0 Å². The van der Waals surface area contributed by atoms with Crippen molar-refractivity contribution < 1.29 is 14.3 Å². The summed E-state index contributed by atoms with van der Waals surface area (Å²) in [7, 11) is 0. The Bertz CT molecular complexity index is 993. The number of esters is 1. The molecule has 2 aromatic heterocycles. The monoisotopic (exact) mass is 386 g/mol. The molecule has 0 unspecified atom stereocenters. The number of hydrogen-bond acceptors (Lipinski definition) is 6. The Morgan fingerprint density at radius 1 is 1.30 bits per heavy atom. The van der Waals surface area contributed by atoms with E-state index < -0.39 is 5.97 Å². The Hall–Kier alpha value is -2.67. The number of hydrogen-bond donors (Lipinski definition) is 0. The minimum absolute atomic E-state index is 0.205. The van der Waals surface area contributed by atoms with Crippen LogP contribution < -0.4 is 10.3 Å². The molecule has 0 bridgehead atoms. The molecule has 0 aliphatic carbocycles. The Balaban J connectivity index is 1.61. The van der Waals surface area contributed by atoms with Crippen LogP contribution >= 0.6 is 11.3 Å². The number of benzene rings is 1. The van der Waals surface area contributed by atoms with Gasteiger partial charge >= 0.3 is 5.97 Å². The van der Waals surface area contributed by atoms with Gasteiger partial charge in [-0.1, -0.05) is 12.1 Å². The molecule has 0 aliphatic rings. The normalized spacial score (nSPS) is 10.9. The van der Waals surface area contributed by atoms with Gasteiger partial charge in [0.2, 0.25) is 0 Å². The number of carbonyl (C=O) groups excluding carboxylic acids is 1. The summed E-state index contributed by atoms with van der Waals surface area (Å²) in [4.78, 5) is 29.6. The van der Waals surface area contributed by atoms with E-state index in [1.807, 2.05) is 31.2 Å². The van der Waals surface area contributed by atoms with Crippen LogP contribution in [-0.2, 0) is 11.3 Å². The fourth-order valence-corrected chi connectivity index (χ4v) is 3.63. The Labute approximate surface area is 161 Å². The second-order valence-electron chi connectivity index (χ2n) is 6.17. The number of ether oxygens (including phenoxy) is 2. The SMILES string of the molecule is CCOC(=O)c1csc2ncn(CCCCOc3cccc(C)c3)c(=O)c12. The molecule has 0 spiro atoms. The van der Waals surface area contributed by atoms with E-state index >= 15 is 0 Å². The van der Waals surface area contributed by atoms with Crippen molar-refractivity contribution in [3.05, 3.63) is 57.5 Å². The number of rotatable bonds is 8. The highest BCUT2D eigenvalue weighted by molar-refractivity contribution is 7.17. The molecule has 3 aromatic rings. The predicted molar refractivity (Wildman–Crippen MR) is 106 cm³/mol. The van der Waals surface area contributed by atoms with Crippen LogP contribution in [0.3, 0.4) is 0 Å². The minimum atomic E-state index is -0.480. The summed E-state index contributed by atoms with van der Waals surface area (Å²) in [5.74, 6) is 0.375. The molecule has 142 valence electrons. The van der Waals surface area contributed by atoms with Crippen molar-refractivity contribution in [1.82, 2.24) is 9.55 Å². The zero-order chi connectivity index (χ0) is 19.2. The molecule has 0 radical (unpaired) electrons. The fourth-order valence-electron chi connectivity index (χ4n) is 2.77. The summed E-state index contributed by atoms with van der Waals surface area (Å²) in [5, 5.41) is 1.98. The molecular weight excluding hydrogens is 364 g/mol. The molecule has 0 aliphatic heterocycles. The number of aryl methyl sites for hydroxylation is 2. The lowest BCUT2D eigenvalue weighted by Gasteiger charge is -2.08. The van der Waals surface area contributed by atoms with E-state index in [2.05, 4.69) is 4.98 Å². The number of fused-ring (bicyclic) bond motifs is 1. The predicted octanol–water partition coefficient (Wildman–Crippen LogP) is 3.80. The molecule has 0 atom stereocenters. The van der Waals surface area contributed by atoms with E-state index in [-0.39, 0.29) is 12.2 Å². The lowest BCUT2D eigenvalue weighted by molar-refractivity contribution is 0.0529. The third-order valence-corrected chi connectivity index (χ3v) is 4.99. The lowest BCUT2D eigenvalue weighted by Crippen LogP contribution is -2.22. The maximum atomic E-state index is 12.7. The summed E-state index contributed by atoms with van der Waals surface area (Å²) >= 11 is 1.28. The summed E-state index contributed by atoms with van der Waals surface area (Å²) < 4.78 is 12.3. The molecule has 27 heavy (non-hydrogen) atoms. The van der Waals surface area contributed by atoms with Crippen molar-refractivity contribution in [2.75, 3.05) is 13.2 Å². The number of carbonyl (C=O) groups is 1. The van der Waals surface area contributed by atoms with Crippen molar-refractivity contribution >= 4 is 27.5 Å². The molecule has 0 N–H and O–H groups in total. The molecule has 7 heteroatoms. The topological polar surface area (TPSA) is 70.4 Å². The standard InChI is InChI=1S/C20H22N2O4S/c1-3-25-20(24)16-12-27-18-17(16)19(23)22(13-21-18)9-4-5-10-26-15-8-6-7-14(2)11-15/h6-8,11-13H,3-5,9-10H2,1-2H3. The number of thiophene rings is 1. The average molecular weight is 386 g/mol. The van der Waals surface area contributed by atoms with E-state index in [9.17, 15) is 9.59 Å². The van der Waals surface area contributed by atoms with Gasteiger partial charge in [-0.3, -0.25) is 9.36 Å². The van der Waals surface area contributed by atoms with Crippen LogP contribution in [0.25, 0.3) is 10.2 Å². The summed E-state index contributed by atoms with van der Waals surface area (Å²) in [6.45, 7) is 5.14. The molecule has 0 amide bonds. The van der Waals surface area contributed by atoms with Crippen LogP contribution in [0.15, 0.2) is 40.8 Å². The second-order valence-corrected chi connectivity index (χ2v) is 7.02. The van der Waals surface area contributed by atoms with Gasteiger partial charge in [0.25, 0.3) is 5.56 Å². The van der Waals surface area contributed by atoms with Crippen LogP contribution in [0.1, 0.15) is 35.7 Å². The first-order valence-corrected chi connectivity index (χ1v) is 9.81. The van der Waals surface area contributed by atoms with Crippen molar-refractivity contribution in [3.8, 4) is 5.75 Å². The molecular formula is C20H22N2O4S. The van der Waals surface area contributed by atoms with Crippen LogP contribution in [0.2, 0.25) is 0 Å². The Kier molecular flexibility index (Phi) is 6.24. The third-order valence-electron chi connectivity index (χ3n) is 4.11. The van der Waals surface area contributed by atoms with Gasteiger partial charge in [-0.05, 0) is 44.4 Å². The first kappa shape index (κ1) is 19.1. The highest BCUT2D eigenvalue weighted by Crippen LogP contribution is 2.21. The first-order valence-electron chi connectivity index (χ1n) is 8.93. The van der Waals surface area contributed by atoms with E-state index in [4.69, 9.17) is 9.47 Å². The van der Waals surface area contributed by atoms with Crippen molar-refractivity contribution in [1.29, 1.82) is 0 Å². The highest BCUT2D eigenvalue weighted by atomic mass is 32.1. The maximum absolute atomic E-state index is 12.7. The van der Waals surface area contributed by atoms with Gasteiger partial charge < -0.3 is 9.47 Å². The summed E-state index contributed by atoms with van der Waals surface area (Å²) in [5.41, 5.74) is 1.25. The first-order chi connectivity index (χ1) is 13.1. The molecule has 3 rings (SSSR count). The molecule has 1 aromatic carbocycles. The van der Waals surface area contributed by atoms with Gasteiger partial charge in [0.15, 0.2) is 0 Å². The minimum Gasteiger partial charge on any atom is -0.494 e. The van der Waals surface area contributed by atoms with Crippen molar-refractivity contribution in [2.45, 2.75) is 33.2 Å². The number of aromatic nitrogens is 2. The third kappa shape index (κ3) is 4.54. The molecule has 0 saturated carbocycles.